The smallest absolute Gasteiger partial charge is 0.162 e. The van der Waals surface area contributed by atoms with Gasteiger partial charge in [0.25, 0.3) is 0 Å². The number of nitrogens with zero attached hydrogens (tertiary/aromatic N) is 1. The van der Waals surface area contributed by atoms with E-state index in [1.807, 2.05) is 43.3 Å². The Morgan fingerprint density at radius 1 is 1.07 bits per heavy atom. The van der Waals surface area contributed by atoms with Crippen LogP contribution in [0.25, 0.3) is 0 Å². The molecular formula is C25H24N2O3. The molecule has 4 rings (SSSR count). The number of carbonyl (C=O) groups excluding carboxylic acids is 1. The summed E-state index contributed by atoms with van der Waals surface area (Å²) in [6, 6.07) is 17.9. The molecule has 0 bridgehead atoms. The highest BCUT2D eigenvalue weighted by Crippen LogP contribution is 2.47. The Morgan fingerprint density at radius 2 is 1.83 bits per heavy atom. The van der Waals surface area contributed by atoms with Crippen LogP contribution in [-0.4, -0.2) is 20.0 Å². The van der Waals surface area contributed by atoms with Crippen molar-refractivity contribution in [2.75, 3.05) is 14.2 Å². The zero-order chi connectivity index (χ0) is 21.3. The molecule has 2 aromatic carbocycles. The molecule has 2 aromatic rings. The number of benzene rings is 2. The van der Waals surface area contributed by atoms with E-state index in [0.717, 1.165) is 28.9 Å². The number of allylic oxidation sites excluding steroid dienone is 4. The van der Waals surface area contributed by atoms with Crippen molar-refractivity contribution in [1.82, 2.24) is 5.32 Å². The summed E-state index contributed by atoms with van der Waals surface area (Å²) in [6.07, 6.45) is 1.15. The zero-order valence-corrected chi connectivity index (χ0v) is 17.4. The maximum atomic E-state index is 13.4. The second-order valence-electron chi connectivity index (χ2n) is 7.65. The molecule has 1 aliphatic carbocycles. The summed E-state index contributed by atoms with van der Waals surface area (Å²) in [5, 5.41) is 13.3. The molecule has 0 saturated carbocycles. The monoisotopic (exact) mass is 400 g/mol. The van der Waals surface area contributed by atoms with Crippen molar-refractivity contribution in [3.05, 3.63) is 82.2 Å². The molecule has 0 fully saturated rings. The van der Waals surface area contributed by atoms with Gasteiger partial charge >= 0.3 is 0 Å². The highest BCUT2D eigenvalue weighted by molar-refractivity contribution is 6.00. The number of ether oxygens (including phenoxy) is 2. The molecule has 0 spiro atoms. The van der Waals surface area contributed by atoms with Gasteiger partial charge in [0.05, 0.1) is 31.8 Å². The molecule has 30 heavy (non-hydrogen) atoms. The lowest BCUT2D eigenvalue weighted by atomic mass is 9.72. The first-order valence-corrected chi connectivity index (χ1v) is 9.98. The van der Waals surface area contributed by atoms with E-state index in [1.54, 1.807) is 14.2 Å². The van der Waals surface area contributed by atoms with Crippen LogP contribution >= 0.6 is 0 Å². The average Bonchev–Trinajstić information content (AvgIpc) is 2.78. The fourth-order valence-electron chi connectivity index (χ4n) is 4.52. The number of dihydropyridines is 1. The van der Waals surface area contributed by atoms with Crippen LogP contribution in [0.3, 0.4) is 0 Å². The van der Waals surface area contributed by atoms with Gasteiger partial charge in [-0.2, -0.15) is 5.26 Å². The number of nitriles is 1. The Labute approximate surface area is 176 Å². The summed E-state index contributed by atoms with van der Waals surface area (Å²) in [7, 11) is 3.19. The van der Waals surface area contributed by atoms with Gasteiger partial charge in [-0.25, -0.2) is 0 Å². The van der Waals surface area contributed by atoms with E-state index in [-0.39, 0.29) is 11.7 Å². The number of nitrogens with one attached hydrogen (secondary N) is 1. The summed E-state index contributed by atoms with van der Waals surface area (Å²) in [5.74, 6) is 1.00. The molecule has 0 radical (unpaired) electrons. The predicted molar refractivity (Wildman–Crippen MR) is 114 cm³/mol. The Kier molecular flexibility index (Phi) is 5.33. The van der Waals surface area contributed by atoms with E-state index in [9.17, 15) is 10.1 Å². The number of hydrogen-bond donors (Lipinski definition) is 1. The highest BCUT2D eigenvalue weighted by Gasteiger charge is 2.40. The molecule has 1 heterocycles. The van der Waals surface area contributed by atoms with E-state index in [0.29, 0.717) is 29.1 Å². The third kappa shape index (κ3) is 3.35. The van der Waals surface area contributed by atoms with Crippen molar-refractivity contribution in [2.45, 2.75) is 31.6 Å². The zero-order valence-electron chi connectivity index (χ0n) is 17.4. The van der Waals surface area contributed by atoms with Gasteiger partial charge in [-0.3, -0.25) is 4.79 Å². The topological polar surface area (TPSA) is 71.3 Å². The average molecular weight is 400 g/mol. The van der Waals surface area contributed by atoms with Gasteiger partial charge in [-0.15, -0.1) is 0 Å². The van der Waals surface area contributed by atoms with Crippen molar-refractivity contribution in [2.24, 2.45) is 0 Å². The first kappa shape index (κ1) is 19.8. The van der Waals surface area contributed by atoms with Crippen LogP contribution in [0, 0.1) is 11.3 Å². The molecule has 0 saturated heterocycles. The Balaban J connectivity index is 1.85. The van der Waals surface area contributed by atoms with Crippen molar-refractivity contribution in [3.63, 3.8) is 0 Å². The molecule has 2 atom stereocenters. The normalized spacial score (nSPS) is 20.9. The summed E-state index contributed by atoms with van der Waals surface area (Å²) in [4.78, 5) is 13.4. The fraction of sp³-hybridized carbons (Fsp3) is 0.280. The lowest BCUT2D eigenvalue weighted by molar-refractivity contribution is -0.116. The lowest BCUT2D eigenvalue weighted by Gasteiger charge is -2.36. The minimum absolute atomic E-state index is 0.0627. The number of methoxy groups -OCH3 is 2. The van der Waals surface area contributed by atoms with Crippen molar-refractivity contribution >= 4 is 5.78 Å². The molecule has 0 unspecified atom stereocenters. The first-order chi connectivity index (χ1) is 14.6. The maximum absolute atomic E-state index is 13.4. The van der Waals surface area contributed by atoms with E-state index < -0.39 is 5.92 Å². The van der Waals surface area contributed by atoms with E-state index in [2.05, 4.69) is 23.5 Å². The molecule has 1 aliphatic heterocycles. The van der Waals surface area contributed by atoms with Crippen LogP contribution in [0.2, 0.25) is 0 Å². The Bertz CT molecular complexity index is 1090. The van der Waals surface area contributed by atoms with E-state index >= 15 is 0 Å². The molecule has 5 nitrogen and oxygen atoms in total. The molecule has 2 aliphatic rings. The lowest BCUT2D eigenvalue weighted by Crippen LogP contribution is -2.33. The van der Waals surface area contributed by atoms with E-state index in [4.69, 9.17) is 9.47 Å². The third-order valence-electron chi connectivity index (χ3n) is 5.97. The van der Waals surface area contributed by atoms with Crippen LogP contribution in [0.5, 0.6) is 11.5 Å². The van der Waals surface area contributed by atoms with Crippen LogP contribution < -0.4 is 14.8 Å². The number of ketones is 1. The van der Waals surface area contributed by atoms with Crippen molar-refractivity contribution in [1.29, 1.82) is 5.26 Å². The molecule has 1 N–H and O–H groups in total. The Hall–Kier alpha value is -3.52. The predicted octanol–water partition coefficient (Wildman–Crippen LogP) is 4.59. The maximum Gasteiger partial charge on any atom is 0.162 e. The molecular weight excluding hydrogens is 376 g/mol. The van der Waals surface area contributed by atoms with Crippen molar-refractivity contribution in [3.8, 4) is 17.6 Å². The van der Waals surface area contributed by atoms with Gasteiger partial charge in [0.15, 0.2) is 5.78 Å². The standard InChI is InChI=1S/C25H24N2O3/c1-15-20(14-26)24(19-13-18(29-2)9-10-23(19)30-3)25-21(27-15)11-17(12-22(25)28)16-7-5-4-6-8-16/h4-10,13,17,24,27H,11-12H2,1-3H3/t17-,24-/m0/s1. The van der Waals surface area contributed by atoms with Crippen LogP contribution in [-0.2, 0) is 4.79 Å². The van der Waals surface area contributed by atoms with Gasteiger partial charge in [0, 0.05) is 29.0 Å². The van der Waals surface area contributed by atoms with Gasteiger partial charge < -0.3 is 14.8 Å². The van der Waals surface area contributed by atoms with E-state index in [1.165, 1.54) is 0 Å². The van der Waals surface area contributed by atoms with Gasteiger partial charge in [0.1, 0.15) is 11.5 Å². The summed E-state index contributed by atoms with van der Waals surface area (Å²) >= 11 is 0. The minimum atomic E-state index is -0.472. The van der Waals surface area contributed by atoms with Crippen LogP contribution in [0.1, 0.15) is 42.7 Å². The van der Waals surface area contributed by atoms with Crippen LogP contribution in [0.15, 0.2) is 71.1 Å². The SMILES string of the molecule is COc1ccc(OC)c([C@H]2C(C#N)=C(C)NC3=C2C(=O)C[C@@H](c2ccccc2)C3)c1. The Morgan fingerprint density at radius 3 is 2.50 bits per heavy atom. The summed E-state index contributed by atoms with van der Waals surface area (Å²) in [6.45, 7) is 1.89. The number of rotatable bonds is 4. The second kappa shape index (κ2) is 8.08. The second-order valence-corrected chi connectivity index (χ2v) is 7.65. The molecule has 5 heteroatoms. The third-order valence-corrected chi connectivity index (χ3v) is 5.97. The number of carbonyl (C=O) groups is 1. The van der Waals surface area contributed by atoms with Gasteiger partial charge in [0.2, 0.25) is 0 Å². The van der Waals surface area contributed by atoms with Crippen LogP contribution in [0.4, 0.5) is 0 Å². The molecule has 0 amide bonds. The van der Waals surface area contributed by atoms with Gasteiger partial charge in [-0.1, -0.05) is 30.3 Å². The summed E-state index contributed by atoms with van der Waals surface area (Å²) in [5.41, 5.74) is 4.79. The number of Topliss-reactive ketones (excluding diaryl/α,β-unsaturated/α-hetero) is 1. The number of hydrogen-bond acceptors (Lipinski definition) is 5. The molecule has 152 valence electrons. The summed E-state index contributed by atoms with van der Waals surface area (Å²) < 4.78 is 11.0. The quantitative estimate of drug-likeness (QED) is 0.813. The molecule has 0 aromatic heterocycles. The first-order valence-electron chi connectivity index (χ1n) is 9.98. The fourth-order valence-corrected chi connectivity index (χ4v) is 4.52. The van der Waals surface area contributed by atoms with Gasteiger partial charge in [-0.05, 0) is 43.0 Å². The highest BCUT2D eigenvalue weighted by atomic mass is 16.5. The largest absolute Gasteiger partial charge is 0.497 e. The minimum Gasteiger partial charge on any atom is -0.497 e. The van der Waals surface area contributed by atoms with Crippen molar-refractivity contribution < 1.29 is 14.3 Å².